The van der Waals surface area contributed by atoms with Crippen molar-refractivity contribution >= 4 is 0 Å². The van der Waals surface area contributed by atoms with Crippen LogP contribution in [0.25, 0.3) is 0 Å². The van der Waals surface area contributed by atoms with E-state index in [4.69, 9.17) is 15.2 Å². The van der Waals surface area contributed by atoms with Crippen LogP contribution in [-0.4, -0.2) is 23.7 Å². The van der Waals surface area contributed by atoms with E-state index in [9.17, 15) is 0 Å². The molecule has 100 valence electrons. The highest BCUT2D eigenvalue weighted by Gasteiger charge is 2.22. The molecule has 0 aromatic carbocycles. The van der Waals surface area contributed by atoms with Crippen LogP contribution in [0.3, 0.4) is 0 Å². The molecule has 1 aromatic heterocycles. The summed E-state index contributed by atoms with van der Waals surface area (Å²) >= 11 is 0. The fourth-order valence-corrected chi connectivity index (χ4v) is 2.23. The van der Waals surface area contributed by atoms with E-state index < -0.39 is 0 Å². The lowest BCUT2D eigenvalue weighted by Gasteiger charge is -2.27. The minimum absolute atomic E-state index is 0.174. The van der Waals surface area contributed by atoms with E-state index in [0.29, 0.717) is 12.5 Å². The molecule has 0 saturated heterocycles. The third-order valence-corrected chi connectivity index (χ3v) is 3.14. The molecule has 0 bridgehead atoms. The SMILES string of the molecule is CCCOc1cccnc1OC1CCCC(N)C1. The Balaban J connectivity index is 1.99. The van der Waals surface area contributed by atoms with Gasteiger partial charge >= 0.3 is 0 Å². The minimum Gasteiger partial charge on any atom is -0.488 e. The number of hydrogen-bond acceptors (Lipinski definition) is 4. The van der Waals surface area contributed by atoms with Crippen molar-refractivity contribution in [2.45, 2.75) is 51.2 Å². The number of aromatic nitrogens is 1. The molecule has 1 aliphatic rings. The molecule has 18 heavy (non-hydrogen) atoms. The summed E-state index contributed by atoms with van der Waals surface area (Å²) in [7, 11) is 0. The molecule has 2 atom stereocenters. The Hall–Kier alpha value is -1.29. The van der Waals surface area contributed by atoms with Crippen LogP contribution in [0.5, 0.6) is 11.6 Å². The fraction of sp³-hybridized carbons (Fsp3) is 0.643. The molecule has 0 radical (unpaired) electrons. The molecule has 0 spiro atoms. The molecular weight excluding hydrogens is 228 g/mol. The van der Waals surface area contributed by atoms with E-state index in [1.807, 2.05) is 12.1 Å². The van der Waals surface area contributed by atoms with E-state index in [-0.39, 0.29) is 12.1 Å². The average Bonchev–Trinajstić information content (AvgIpc) is 2.38. The largest absolute Gasteiger partial charge is 0.488 e. The molecule has 1 fully saturated rings. The molecule has 0 amide bonds. The first-order valence-corrected chi connectivity index (χ1v) is 6.79. The molecule has 4 heteroatoms. The van der Waals surface area contributed by atoms with Gasteiger partial charge in [-0.05, 0) is 44.2 Å². The number of rotatable bonds is 5. The van der Waals surface area contributed by atoms with Gasteiger partial charge in [-0.15, -0.1) is 0 Å². The van der Waals surface area contributed by atoms with Crippen molar-refractivity contribution in [2.75, 3.05) is 6.61 Å². The zero-order valence-electron chi connectivity index (χ0n) is 11.0. The first-order chi connectivity index (χ1) is 8.79. The fourth-order valence-electron chi connectivity index (χ4n) is 2.23. The van der Waals surface area contributed by atoms with Crippen molar-refractivity contribution in [1.29, 1.82) is 0 Å². The molecule has 2 N–H and O–H groups in total. The van der Waals surface area contributed by atoms with Crippen molar-refractivity contribution in [2.24, 2.45) is 5.73 Å². The first-order valence-electron chi connectivity index (χ1n) is 6.79. The van der Waals surface area contributed by atoms with Gasteiger partial charge in [-0.2, -0.15) is 0 Å². The smallest absolute Gasteiger partial charge is 0.257 e. The number of ether oxygens (including phenoxy) is 2. The highest BCUT2D eigenvalue weighted by atomic mass is 16.5. The maximum absolute atomic E-state index is 5.97. The number of nitrogens with zero attached hydrogens (tertiary/aromatic N) is 1. The molecule has 2 unspecified atom stereocenters. The van der Waals surface area contributed by atoms with Crippen molar-refractivity contribution in [3.8, 4) is 11.6 Å². The van der Waals surface area contributed by atoms with Crippen LogP contribution in [-0.2, 0) is 0 Å². The molecular formula is C14H22N2O2. The van der Waals surface area contributed by atoms with Crippen molar-refractivity contribution in [1.82, 2.24) is 4.98 Å². The molecule has 1 aromatic rings. The summed E-state index contributed by atoms with van der Waals surface area (Å²) in [4.78, 5) is 4.26. The maximum Gasteiger partial charge on any atom is 0.257 e. The van der Waals surface area contributed by atoms with Crippen LogP contribution in [0.1, 0.15) is 39.0 Å². The third kappa shape index (κ3) is 3.60. The van der Waals surface area contributed by atoms with Crippen LogP contribution in [0, 0.1) is 0 Å². The van der Waals surface area contributed by atoms with Gasteiger partial charge in [-0.1, -0.05) is 6.92 Å². The summed E-state index contributed by atoms with van der Waals surface area (Å²) in [6.45, 7) is 2.77. The average molecular weight is 250 g/mol. The van der Waals surface area contributed by atoms with Gasteiger partial charge in [0.25, 0.3) is 5.88 Å². The van der Waals surface area contributed by atoms with Gasteiger partial charge in [0.1, 0.15) is 6.10 Å². The molecule has 4 nitrogen and oxygen atoms in total. The van der Waals surface area contributed by atoms with Crippen LogP contribution in [0.2, 0.25) is 0 Å². The number of nitrogens with two attached hydrogens (primary N) is 1. The quantitative estimate of drug-likeness (QED) is 0.872. The van der Waals surface area contributed by atoms with Gasteiger partial charge in [0, 0.05) is 12.2 Å². The lowest BCUT2D eigenvalue weighted by molar-refractivity contribution is 0.131. The molecule has 1 saturated carbocycles. The van der Waals surface area contributed by atoms with Gasteiger partial charge in [-0.25, -0.2) is 4.98 Å². The molecule has 0 aliphatic heterocycles. The number of hydrogen-bond donors (Lipinski definition) is 1. The Kier molecular flexibility index (Phi) is 4.81. The zero-order valence-corrected chi connectivity index (χ0v) is 11.0. The Morgan fingerprint density at radius 3 is 3.11 bits per heavy atom. The summed E-state index contributed by atoms with van der Waals surface area (Å²) in [5.41, 5.74) is 5.97. The van der Waals surface area contributed by atoms with Gasteiger partial charge in [0.15, 0.2) is 5.75 Å². The van der Waals surface area contributed by atoms with Crippen molar-refractivity contribution < 1.29 is 9.47 Å². The normalized spacial score (nSPS) is 23.7. The molecule has 1 heterocycles. The van der Waals surface area contributed by atoms with Gasteiger partial charge in [0.2, 0.25) is 0 Å². The maximum atomic E-state index is 5.97. The van der Waals surface area contributed by atoms with Crippen LogP contribution in [0.15, 0.2) is 18.3 Å². The second kappa shape index (κ2) is 6.59. The lowest BCUT2D eigenvalue weighted by atomic mass is 9.94. The Morgan fingerprint density at radius 1 is 1.44 bits per heavy atom. The van der Waals surface area contributed by atoms with Gasteiger partial charge < -0.3 is 15.2 Å². The van der Waals surface area contributed by atoms with Crippen LogP contribution < -0.4 is 15.2 Å². The Bertz CT molecular complexity index is 371. The van der Waals surface area contributed by atoms with Crippen LogP contribution >= 0.6 is 0 Å². The minimum atomic E-state index is 0.174. The summed E-state index contributed by atoms with van der Waals surface area (Å²) < 4.78 is 11.6. The standard InChI is InChI=1S/C14H22N2O2/c1-2-9-17-13-7-4-8-16-14(13)18-12-6-3-5-11(15)10-12/h4,7-8,11-12H,2-3,5-6,9-10,15H2,1H3. The number of pyridine rings is 1. The third-order valence-electron chi connectivity index (χ3n) is 3.14. The van der Waals surface area contributed by atoms with E-state index in [2.05, 4.69) is 11.9 Å². The highest BCUT2D eigenvalue weighted by molar-refractivity contribution is 5.32. The topological polar surface area (TPSA) is 57.4 Å². The van der Waals surface area contributed by atoms with Crippen molar-refractivity contribution in [3.05, 3.63) is 18.3 Å². The second-order valence-electron chi connectivity index (χ2n) is 4.82. The van der Waals surface area contributed by atoms with Gasteiger partial charge in [0.05, 0.1) is 6.61 Å². The monoisotopic (exact) mass is 250 g/mol. The Labute approximate surface area is 108 Å². The molecule has 1 aliphatic carbocycles. The van der Waals surface area contributed by atoms with E-state index in [1.54, 1.807) is 6.20 Å². The first kappa shape index (κ1) is 13.1. The van der Waals surface area contributed by atoms with E-state index in [1.165, 1.54) is 0 Å². The summed E-state index contributed by atoms with van der Waals surface area (Å²) in [6, 6.07) is 4.03. The summed E-state index contributed by atoms with van der Waals surface area (Å²) in [6.07, 6.45) is 7.07. The predicted octanol–water partition coefficient (Wildman–Crippen LogP) is 2.52. The summed E-state index contributed by atoms with van der Waals surface area (Å²) in [5, 5.41) is 0. The lowest BCUT2D eigenvalue weighted by Crippen LogP contribution is -2.33. The predicted molar refractivity (Wildman–Crippen MR) is 70.9 cm³/mol. The zero-order chi connectivity index (χ0) is 12.8. The van der Waals surface area contributed by atoms with E-state index >= 15 is 0 Å². The highest BCUT2D eigenvalue weighted by Crippen LogP contribution is 2.28. The van der Waals surface area contributed by atoms with E-state index in [0.717, 1.165) is 37.9 Å². The second-order valence-corrected chi connectivity index (χ2v) is 4.82. The Morgan fingerprint density at radius 2 is 2.33 bits per heavy atom. The van der Waals surface area contributed by atoms with Gasteiger partial charge in [-0.3, -0.25) is 0 Å². The van der Waals surface area contributed by atoms with Crippen LogP contribution in [0.4, 0.5) is 0 Å². The van der Waals surface area contributed by atoms with Crippen molar-refractivity contribution in [3.63, 3.8) is 0 Å². The summed E-state index contributed by atoms with van der Waals surface area (Å²) in [5.74, 6) is 1.34. The molecule has 2 rings (SSSR count).